The highest BCUT2D eigenvalue weighted by atomic mass is 16.6. The van der Waals surface area contributed by atoms with Crippen LogP contribution in [0.15, 0.2) is 18.2 Å². The Bertz CT molecular complexity index is 466. The van der Waals surface area contributed by atoms with Gasteiger partial charge >= 0.3 is 5.69 Å². The summed E-state index contributed by atoms with van der Waals surface area (Å²) in [5, 5.41) is 10.9. The lowest BCUT2D eigenvalue weighted by Crippen LogP contribution is -2.13. The molecule has 0 N–H and O–H groups in total. The molecule has 1 fully saturated rings. The summed E-state index contributed by atoms with van der Waals surface area (Å²) in [5.41, 5.74) is 0.475. The molecule has 90 valence electrons. The highest BCUT2D eigenvalue weighted by Crippen LogP contribution is 2.32. The first-order valence-corrected chi connectivity index (χ1v) is 5.49. The molecule has 0 aromatic heterocycles. The number of aryl methyl sites for hydroxylation is 1. The molecule has 0 unspecified atom stereocenters. The van der Waals surface area contributed by atoms with Crippen molar-refractivity contribution in [3.05, 3.63) is 33.9 Å². The summed E-state index contributed by atoms with van der Waals surface area (Å²) in [5.74, 6) is 0.309. The molecule has 0 spiro atoms. The van der Waals surface area contributed by atoms with E-state index >= 15 is 0 Å². The first-order chi connectivity index (χ1) is 8.09. The fourth-order valence-corrected chi connectivity index (χ4v) is 1.65. The second-order valence-corrected chi connectivity index (χ2v) is 4.21. The zero-order valence-corrected chi connectivity index (χ0v) is 9.51. The van der Waals surface area contributed by atoms with Crippen LogP contribution in [0.2, 0.25) is 0 Å². The Kier molecular flexibility index (Phi) is 3.08. The third-order valence-corrected chi connectivity index (χ3v) is 2.79. The van der Waals surface area contributed by atoms with Gasteiger partial charge in [0.25, 0.3) is 0 Å². The Labute approximate surface area is 98.5 Å². The molecule has 17 heavy (non-hydrogen) atoms. The van der Waals surface area contributed by atoms with Gasteiger partial charge in [-0.1, -0.05) is 12.1 Å². The molecule has 5 heteroatoms. The molecule has 0 amide bonds. The number of ether oxygens (including phenoxy) is 1. The van der Waals surface area contributed by atoms with Crippen LogP contribution in [0.3, 0.4) is 0 Å². The third-order valence-electron chi connectivity index (χ3n) is 2.79. The van der Waals surface area contributed by atoms with Gasteiger partial charge in [0, 0.05) is 11.5 Å². The number of nitro benzene ring substituents is 1. The van der Waals surface area contributed by atoms with Gasteiger partial charge in [0.05, 0.1) is 4.92 Å². The monoisotopic (exact) mass is 235 g/mol. The van der Waals surface area contributed by atoms with Crippen LogP contribution in [-0.4, -0.2) is 17.3 Å². The van der Waals surface area contributed by atoms with Gasteiger partial charge in [0.1, 0.15) is 6.61 Å². The van der Waals surface area contributed by atoms with E-state index in [0.717, 1.165) is 12.8 Å². The molecule has 2 rings (SSSR count). The molecule has 1 aliphatic rings. The van der Waals surface area contributed by atoms with Gasteiger partial charge in [-0.2, -0.15) is 0 Å². The van der Waals surface area contributed by atoms with Gasteiger partial charge in [-0.25, -0.2) is 0 Å². The Morgan fingerprint density at radius 1 is 1.53 bits per heavy atom. The number of ketones is 1. The summed E-state index contributed by atoms with van der Waals surface area (Å²) in [4.78, 5) is 21.8. The number of hydrogen-bond acceptors (Lipinski definition) is 4. The lowest BCUT2D eigenvalue weighted by molar-refractivity contribution is -0.386. The van der Waals surface area contributed by atoms with Crippen molar-refractivity contribution in [2.45, 2.75) is 19.8 Å². The summed E-state index contributed by atoms with van der Waals surface area (Å²) in [6.07, 6.45) is 1.83. The molecule has 1 saturated carbocycles. The zero-order valence-electron chi connectivity index (χ0n) is 9.51. The van der Waals surface area contributed by atoms with E-state index in [9.17, 15) is 14.9 Å². The van der Waals surface area contributed by atoms with Crippen molar-refractivity contribution < 1.29 is 14.5 Å². The lowest BCUT2D eigenvalue weighted by Gasteiger charge is -2.06. The van der Waals surface area contributed by atoms with Crippen molar-refractivity contribution in [3.8, 4) is 5.75 Å². The Balaban J connectivity index is 2.11. The first kappa shape index (κ1) is 11.6. The molecule has 0 atom stereocenters. The van der Waals surface area contributed by atoms with Crippen molar-refractivity contribution in [1.29, 1.82) is 0 Å². The number of Topliss-reactive ketones (excluding diaryl/α,β-unsaturated/α-hetero) is 1. The van der Waals surface area contributed by atoms with Crippen LogP contribution in [0.1, 0.15) is 18.4 Å². The van der Waals surface area contributed by atoms with E-state index in [1.54, 1.807) is 19.1 Å². The largest absolute Gasteiger partial charge is 0.479 e. The fourth-order valence-electron chi connectivity index (χ4n) is 1.65. The standard InChI is InChI=1S/C12H13NO4/c1-8-3-2-4-11(12(8)13(15)16)17-7-10(14)9-5-6-9/h2-4,9H,5-7H2,1H3. The van der Waals surface area contributed by atoms with Crippen LogP contribution in [-0.2, 0) is 4.79 Å². The molecular weight excluding hydrogens is 222 g/mol. The summed E-state index contributed by atoms with van der Waals surface area (Å²) >= 11 is 0. The molecule has 1 aromatic carbocycles. The average Bonchev–Trinajstić information content (AvgIpc) is 3.08. The highest BCUT2D eigenvalue weighted by Gasteiger charge is 2.30. The topological polar surface area (TPSA) is 69.4 Å². The molecular formula is C12H13NO4. The van der Waals surface area contributed by atoms with Crippen LogP contribution in [0.5, 0.6) is 5.75 Å². The van der Waals surface area contributed by atoms with Crippen molar-refractivity contribution in [1.82, 2.24) is 0 Å². The number of benzene rings is 1. The number of hydrogen-bond donors (Lipinski definition) is 0. The number of carbonyl (C=O) groups is 1. The van der Waals surface area contributed by atoms with Crippen LogP contribution < -0.4 is 4.74 Å². The minimum absolute atomic E-state index is 0.0285. The van der Waals surface area contributed by atoms with Crippen LogP contribution >= 0.6 is 0 Å². The SMILES string of the molecule is Cc1cccc(OCC(=O)C2CC2)c1[N+](=O)[O-]. The minimum atomic E-state index is -0.480. The summed E-state index contributed by atoms with van der Waals surface area (Å²) < 4.78 is 5.25. The lowest BCUT2D eigenvalue weighted by atomic mass is 10.2. The highest BCUT2D eigenvalue weighted by molar-refractivity contribution is 5.84. The number of rotatable bonds is 5. The van der Waals surface area contributed by atoms with Gasteiger partial charge < -0.3 is 4.74 Å². The predicted octanol–water partition coefficient (Wildman–Crippen LogP) is 2.26. The van der Waals surface area contributed by atoms with Crippen molar-refractivity contribution in [3.63, 3.8) is 0 Å². The molecule has 0 aliphatic heterocycles. The molecule has 0 heterocycles. The molecule has 1 aromatic rings. The molecule has 0 bridgehead atoms. The van der Waals surface area contributed by atoms with E-state index in [1.807, 2.05) is 0 Å². The van der Waals surface area contributed by atoms with Crippen LogP contribution in [0, 0.1) is 23.0 Å². The van der Waals surface area contributed by atoms with Crippen LogP contribution in [0.25, 0.3) is 0 Å². The van der Waals surface area contributed by atoms with Gasteiger partial charge in [-0.15, -0.1) is 0 Å². The first-order valence-electron chi connectivity index (χ1n) is 5.49. The molecule has 1 aliphatic carbocycles. The van der Waals surface area contributed by atoms with Gasteiger partial charge in [-0.05, 0) is 25.8 Å². The Morgan fingerprint density at radius 3 is 2.82 bits per heavy atom. The predicted molar refractivity (Wildman–Crippen MR) is 61.1 cm³/mol. The number of carbonyl (C=O) groups excluding carboxylic acids is 1. The van der Waals surface area contributed by atoms with E-state index in [4.69, 9.17) is 4.74 Å². The number of nitro groups is 1. The summed E-state index contributed by atoms with van der Waals surface area (Å²) in [6, 6.07) is 4.85. The van der Waals surface area contributed by atoms with E-state index in [2.05, 4.69) is 0 Å². The van der Waals surface area contributed by atoms with Gasteiger partial charge in [0.2, 0.25) is 0 Å². The maximum atomic E-state index is 11.4. The third kappa shape index (κ3) is 2.61. The molecule has 5 nitrogen and oxygen atoms in total. The van der Waals surface area contributed by atoms with Crippen molar-refractivity contribution in [2.75, 3.05) is 6.61 Å². The van der Waals surface area contributed by atoms with E-state index in [0.29, 0.717) is 5.56 Å². The smallest absolute Gasteiger partial charge is 0.313 e. The molecule has 0 saturated heterocycles. The number of para-hydroxylation sites is 1. The van der Waals surface area contributed by atoms with E-state index in [-0.39, 0.29) is 29.7 Å². The second-order valence-electron chi connectivity index (χ2n) is 4.21. The molecule has 0 radical (unpaired) electrons. The Morgan fingerprint density at radius 2 is 2.24 bits per heavy atom. The quantitative estimate of drug-likeness (QED) is 0.579. The maximum Gasteiger partial charge on any atom is 0.313 e. The zero-order chi connectivity index (χ0) is 12.4. The minimum Gasteiger partial charge on any atom is -0.479 e. The normalized spacial score (nSPS) is 14.4. The maximum absolute atomic E-state index is 11.4. The second kappa shape index (κ2) is 4.53. The van der Waals surface area contributed by atoms with Gasteiger partial charge in [-0.3, -0.25) is 14.9 Å². The fraction of sp³-hybridized carbons (Fsp3) is 0.417. The van der Waals surface area contributed by atoms with Crippen molar-refractivity contribution >= 4 is 11.5 Å². The summed E-state index contributed by atoms with van der Waals surface area (Å²) in [7, 11) is 0. The van der Waals surface area contributed by atoms with Crippen molar-refractivity contribution in [2.24, 2.45) is 5.92 Å². The van der Waals surface area contributed by atoms with E-state index in [1.165, 1.54) is 6.07 Å². The van der Waals surface area contributed by atoms with Gasteiger partial charge in [0.15, 0.2) is 11.5 Å². The van der Waals surface area contributed by atoms with E-state index < -0.39 is 4.92 Å². The van der Waals surface area contributed by atoms with Crippen LogP contribution in [0.4, 0.5) is 5.69 Å². The Hall–Kier alpha value is -1.91. The summed E-state index contributed by atoms with van der Waals surface area (Å²) in [6.45, 7) is 1.57. The average molecular weight is 235 g/mol. The number of nitrogens with zero attached hydrogens (tertiary/aromatic N) is 1.